The van der Waals surface area contributed by atoms with Gasteiger partial charge in [0.05, 0.1) is 18.3 Å². The molecule has 2 aromatic heterocycles. The Morgan fingerprint density at radius 1 is 1.20 bits per heavy atom. The van der Waals surface area contributed by atoms with Gasteiger partial charge in [-0.25, -0.2) is 4.98 Å². The van der Waals surface area contributed by atoms with E-state index in [4.69, 9.17) is 15.5 Å². The molecule has 5 nitrogen and oxygen atoms in total. The molecular formula is C19H21N3O2S. The molecule has 0 bridgehead atoms. The highest BCUT2D eigenvalue weighted by Gasteiger charge is 2.23. The number of carbonyl (C=O) groups is 1. The summed E-state index contributed by atoms with van der Waals surface area (Å²) in [4.78, 5) is 21.0. The Morgan fingerprint density at radius 2 is 1.96 bits per heavy atom. The third kappa shape index (κ3) is 2.91. The number of nitrogens with zero attached hydrogens (tertiary/aromatic N) is 2. The van der Waals surface area contributed by atoms with E-state index in [0.717, 1.165) is 52.8 Å². The number of methoxy groups -OCH3 is 1. The first-order valence-electron chi connectivity index (χ1n) is 8.63. The molecule has 0 unspecified atom stereocenters. The molecule has 1 fully saturated rings. The molecule has 1 aliphatic rings. The third-order valence-electron chi connectivity index (χ3n) is 4.81. The fraction of sp³-hybridized carbons (Fsp3) is 0.368. The van der Waals surface area contributed by atoms with Crippen molar-refractivity contribution in [2.45, 2.75) is 25.7 Å². The number of hydrogen-bond acceptors (Lipinski definition) is 5. The summed E-state index contributed by atoms with van der Waals surface area (Å²) in [5.41, 5.74) is 7.73. The quantitative estimate of drug-likeness (QED) is 0.753. The Balaban J connectivity index is 1.78. The number of nitrogen functional groups attached to an aromatic ring is 1. The maximum atomic E-state index is 12.9. The smallest absolute Gasteiger partial charge is 0.266 e. The summed E-state index contributed by atoms with van der Waals surface area (Å²) in [6.07, 6.45) is 4.53. The van der Waals surface area contributed by atoms with Crippen LogP contribution in [0.15, 0.2) is 24.3 Å². The zero-order chi connectivity index (χ0) is 17.4. The van der Waals surface area contributed by atoms with Crippen molar-refractivity contribution >= 4 is 44.1 Å². The summed E-state index contributed by atoms with van der Waals surface area (Å²) in [6, 6.07) is 7.79. The molecule has 1 saturated heterocycles. The number of amides is 1. The van der Waals surface area contributed by atoms with E-state index >= 15 is 0 Å². The average molecular weight is 355 g/mol. The Bertz CT molecular complexity index is 943. The molecule has 0 atom stereocenters. The minimum absolute atomic E-state index is 0.0454. The third-order valence-corrected chi connectivity index (χ3v) is 5.91. The van der Waals surface area contributed by atoms with Crippen LogP contribution in [-0.4, -0.2) is 36.0 Å². The largest absolute Gasteiger partial charge is 0.497 e. The van der Waals surface area contributed by atoms with Crippen LogP contribution >= 0.6 is 11.3 Å². The van der Waals surface area contributed by atoms with Crippen LogP contribution in [0.2, 0.25) is 0 Å². The molecule has 1 amide bonds. The van der Waals surface area contributed by atoms with E-state index in [-0.39, 0.29) is 5.91 Å². The van der Waals surface area contributed by atoms with Gasteiger partial charge in [-0.05, 0) is 31.0 Å². The predicted octanol–water partition coefficient (Wildman–Crippen LogP) is 4.06. The van der Waals surface area contributed by atoms with Crippen LogP contribution in [0.5, 0.6) is 5.75 Å². The average Bonchev–Trinajstić information content (AvgIpc) is 2.82. The maximum absolute atomic E-state index is 12.9. The second-order valence-electron chi connectivity index (χ2n) is 6.45. The van der Waals surface area contributed by atoms with E-state index in [1.165, 1.54) is 24.2 Å². The number of nitrogens with two attached hydrogens (primary N) is 1. The van der Waals surface area contributed by atoms with Crippen molar-refractivity contribution in [2.24, 2.45) is 0 Å². The van der Waals surface area contributed by atoms with E-state index in [2.05, 4.69) is 0 Å². The lowest BCUT2D eigenvalue weighted by molar-refractivity contribution is 0.0767. The monoisotopic (exact) mass is 355 g/mol. The number of anilines is 1. The number of rotatable bonds is 2. The summed E-state index contributed by atoms with van der Waals surface area (Å²) in [6.45, 7) is 1.64. The molecule has 130 valence electrons. The van der Waals surface area contributed by atoms with Crippen molar-refractivity contribution in [3.8, 4) is 5.75 Å². The second-order valence-corrected chi connectivity index (χ2v) is 7.45. The van der Waals surface area contributed by atoms with Gasteiger partial charge < -0.3 is 15.4 Å². The SMILES string of the molecule is COc1ccc2cc3c(N)c(C(=O)N4CCCCCC4)sc3nc2c1. The van der Waals surface area contributed by atoms with Crippen LogP contribution < -0.4 is 10.5 Å². The number of carbonyl (C=O) groups excluding carboxylic acids is 1. The van der Waals surface area contributed by atoms with E-state index in [9.17, 15) is 4.79 Å². The van der Waals surface area contributed by atoms with Crippen molar-refractivity contribution in [2.75, 3.05) is 25.9 Å². The van der Waals surface area contributed by atoms with Gasteiger partial charge in [-0.2, -0.15) is 0 Å². The fourth-order valence-corrected chi connectivity index (χ4v) is 4.43. The predicted molar refractivity (Wildman–Crippen MR) is 102 cm³/mol. The lowest BCUT2D eigenvalue weighted by atomic mass is 10.1. The Hall–Kier alpha value is -2.34. The molecule has 0 saturated carbocycles. The number of hydrogen-bond donors (Lipinski definition) is 1. The minimum Gasteiger partial charge on any atom is -0.497 e. The highest BCUT2D eigenvalue weighted by Crippen LogP contribution is 2.36. The molecule has 0 spiro atoms. The van der Waals surface area contributed by atoms with Crippen molar-refractivity contribution in [3.63, 3.8) is 0 Å². The van der Waals surface area contributed by atoms with Crippen LogP contribution in [0.4, 0.5) is 5.69 Å². The van der Waals surface area contributed by atoms with Gasteiger partial charge in [0.25, 0.3) is 5.91 Å². The number of likely N-dealkylation sites (tertiary alicyclic amines) is 1. The molecule has 1 aliphatic heterocycles. The summed E-state index contributed by atoms with van der Waals surface area (Å²) in [5, 5.41) is 1.85. The molecule has 0 radical (unpaired) electrons. The standard InChI is InChI=1S/C19H21N3O2S/c1-24-13-7-6-12-10-14-16(20)17(25-18(14)21-15(12)11-13)19(23)22-8-4-2-3-5-9-22/h6-7,10-11H,2-5,8-9,20H2,1H3. The van der Waals surface area contributed by atoms with Gasteiger partial charge in [-0.15, -0.1) is 11.3 Å². The molecule has 1 aromatic carbocycles. The van der Waals surface area contributed by atoms with Crippen LogP contribution in [-0.2, 0) is 0 Å². The highest BCUT2D eigenvalue weighted by atomic mass is 32.1. The van der Waals surface area contributed by atoms with E-state index in [0.29, 0.717) is 10.6 Å². The minimum atomic E-state index is 0.0454. The van der Waals surface area contributed by atoms with Gasteiger partial charge in [0.15, 0.2) is 0 Å². The number of ether oxygens (including phenoxy) is 1. The van der Waals surface area contributed by atoms with Crippen LogP contribution in [0.3, 0.4) is 0 Å². The first kappa shape index (κ1) is 16.1. The highest BCUT2D eigenvalue weighted by molar-refractivity contribution is 7.21. The van der Waals surface area contributed by atoms with Crippen molar-refractivity contribution in [1.29, 1.82) is 0 Å². The van der Waals surface area contributed by atoms with Crippen LogP contribution in [0, 0.1) is 0 Å². The molecule has 0 aliphatic carbocycles. The summed E-state index contributed by atoms with van der Waals surface area (Å²) in [5.74, 6) is 0.814. The first-order valence-corrected chi connectivity index (χ1v) is 9.45. The topological polar surface area (TPSA) is 68.5 Å². The van der Waals surface area contributed by atoms with Gasteiger partial charge in [0.1, 0.15) is 15.5 Å². The van der Waals surface area contributed by atoms with E-state index in [1.54, 1.807) is 7.11 Å². The van der Waals surface area contributed by atoms with Gasteiger partial charge in [0, 0.05) is 29.9 Å². The normalized spacial score (nSPS) is 15.5. The molecular weight excluding hydrogens is 334 g/mol. The van der Waals surface area contributed by atoms with Crippen molar-refractivity contribution < 1.29 is 9.53 Å². The number of benzene rings is 1. The summed E-state index contributed by atoms with van der Waals surface area (Å²) in [7, 11) is 1.64. The van der Waals surface area contributed by atoms with Gasteiger partial charge in [-0.3, -0.25) is 4.79 Å². The molecule has 3 aromatic rings. The lowest BCUT2D eigenvalue weighted by Crippen LogP contribution is -2.31. The van der Waals surface area contributed by atoms with E-state index in [1.807, 2.05) is 29.2 Å². The Labute approximate surface area is 150 Å². The van der Waals surface area contributed by atoms with Crippen molar-refractivity contribution in [3.05, 3.63) is 29.1 Å². The molecule has 6 heteroatoms. The van der Waals surface area contributed by atoms with Gasteiger partial charge >= 0.3 is 0 Å². The summed E-state index contributed by atoms with van der Waals surface area (Å²) >= 11 is 1.39. The van der Waals surface area contributed by atoms with Gasteiger partial charge in [-0.1, -0.05) is 12.8 Å². The number of fused-ring (bicyclic) bond motifs is 2. The Kier molecular flexibility index (Phi) is 4.21. The van der Waals surface area contributed by atoms with Gasteiger partial charge in [0.2, 0.25) is 0 Å². The van der Waals surface area contributed by atoms with E-state index < -0.39 is 0 Å². The van der Waals surface area contributed by atoms with Crippen molar-refractivity contribution in [1.82, 2.24) is 9.88 Å². The lowest BCUT2D eigenvalue weighted by Gasteiger charge is -2.19. The molecule has 4 rings (SSSR count). The fourth-order valence-electron chi connectivity index (χ4n) is 3.38. The summed E-state index contributed by atoms with van der Waals surface area (Å²) < 4.78 is 5.27. The Morgan fingerprint density at radius 3 is 2.68 bits per heavy atom. The van der Waals surface area contributed by atoms with Crippen LogP contribution in [0.25, 0.3) is 21.1 Å². The number of aromatic nitrogens is 1. The zero-order valence-corrected chi connectivity index (χ0v) is 15.1. The molecule has 2 N–H and O–H groups in total. The first-order chi connectivity index (χ1) is 12.2. The number of thiophene rings is 1. The molecule has 25 heavy (non-hydrogen) atoms. The van der Waals surface area contributed by atoms with Crippen LogP contribution in [0.1, 0.15) is 35.4 Å². The number of pyridine rings is 1. The molecule has 3 heterocycles. The maximum Gasteiger partial charge on any atom is 0.266 e. The second kappa shape index (κ2) is 6.52. The zero-order valence-electron chi connectivity index (χ0n) is 14.2.